The fourth-order valence-electron chi connectivity index (χ4n) is 2.74. The van der Waals surface area contributed by atoms with Gasteiger partial charge in [-0.05, 0) is 43.4 Å². The van der Waals surface area contributed by atoms with E-state index in [1.54, 1.807) is 0 Å². The first-order chi connectivity index (χ1) is 10.6. The average molecular weight is 450 g/mol. The highest BCUT2D eigenvalue weighted by Crippen LogP contribution is 2.47. The van der Waals surface area contributed by atoms with E-state index in [1.165, 1.54) is 25.0 Å². The Labute approximate surface area is 158 Å². The van der Waals surface area contributed by atoms with Crippen LogP contribution in [0.2, 0.25) is 0 Å². The van der Waals surface area contributed by atoms with Crippen LogP contribution in [0, 0.1) is 5.82 Å². The van der Waals surface area contributed by atoms with Crippen molar-refractivity contribution in [2.45, 2.75) is 17.6 Å². The maximum absolute atomic E-state index is 13.0. The van der Waals surface area contributed by atoms with Crippen molar-refractivity contribution >= 4 is 47.4 Å². The Bertz CT molecular complexity index is 540. The van der Waals surface area contributed by atoms with Gasteiger partial charge in [-0.1, -0.05) is 0 Å². The number of nitrogens with two attached hydrogens (primary N) is 1. The number of hydrogen-bond donors (Lipinski definition) is 1. The van der Waals surface area contributed by atoms with Gasteiger partial charge in [0.25, 0.3) is 0 Å². The number of halogens is 2. The van der Waals surface area contributed by atoms with Gasteiger partial charge in [-0.3, -0.25) is 4.99 Å². The Balaban J connectivity index is 0.00000192. The molecule has 1 saturated heterocycles. The third-order valence-electron chi connectivity index (χ3n) is 4.57. The maximum Gasteiger partial charge on any atom is 0.191 e. The molecule has 1 heterocycles. The predicted molar refractivity (Wildman–Crippen MR) is 108 cm³/mol. The standard InChI is InChI=1S/C16H23FN4S.HI/c1-22-16(6-7-16)12-19-15(18)21-10-8-20(9-11-21)14-4-2-13(17)3-5-14;/h2-5H,6-12H2,1H3,(H2,18,19);1H. The first kappa shape index (κ1) is 18.6. The van der Waals surface area contributed by atoms with E-state index in [2.05, 4.69) is 21.0 Å². The minimum atomic E-state index is -0.193. The summed E-state index contributed by atoms with van der Waals surface area (Å²) in [5, 5.41) is 0. The summed E-state index contributed by atoms with van der Waals surface area (Å²) in [5.41, 5.74) is 7.21. The molecule has 0 radical (unpaired) electrons. The molecule has 2 aliphatic rings. The van der Waals surface area contributed by atoms with Crippen molar-refractivity contribution in [1.82, 2.24) is 4.90 Å². The zero-order valence-electron chi connectivity index (χ0n) is 13.4. The second-order valence-electron chi connectivity index (χ2n) is 6.01. The minimum absolute atomic E-state index is 0. The number of aliphatic imine (C=N–C) groups is 1. The Morgan fingerprint density at radius 1 is 1.22 bits per heavy atom. The molecular formula is C16H24FIN4S. The lowest BCUT2D eigenvalue weighted by molar-refractivity contribution is 0.380. The molecule has 1 aromatic carbocycles. The van der Waals surface area contributed by atoms with Crippen molar-refractivity contribution < 1.29 is 4.39 Å². The van der Waals surface area contributed by atoms with Crippen LogP contribution < -0.4 is 10.6 Å². The van der Waals surface area contributed by atoms with E-state index in [0.29, 0.717) is 10.7 Å². The first-order valence-electron chi connectivity index (χ1n) is 7.72. The zero-order chi connectivity index (χ0) is 15.6. The van der Waals surface area contributed by atoms with Gasteiger partial charge in [0.05, 0.1) is 6.54 Å². The quantitative estimate of drug-likeness (QED) is 0.436. The van der Waals surface area contributed by atoms with Gasteiger partial charge in [0.1, 0.15) is 5.82 Å². The van der Waals surface area contributed by atoms with Crippen LogP contribution in [0.4, 0.5) is 10.1 Å². The highest BCUT2D eigenvalue weighted by atomic mass is 127. The second-order valence-corrected chi connectivity index (χ2v) is 7.29. The molecule has 23 heavy (non-hydrogen) atoms. The molecule has 7 heteroatoms. The molecular weight excluding hydrogens is 426 g/mol. The largest absolute Gasteiger partial charge is 0.370 e. The molecule has 0 spiro atoms. The summed E-state index contributed by atoms with van der Waals surface area (Å²) in [6, 6.07) is 6.68. The van der Waals surface area contributed by atoms with E-state index in [1.807, 2.05) is 23.9 Å². The third kappa shape index (κ3) is 4.65. The summed E-state index contributed by atoms with van der Waals surface area (Å²) in [7, 11) is 0. The van der Waals surface area contributed by atoms with Gasteiger partial charge in [-0.2, -0.15) is 11.8 Å². The average Bonchev–Trinajstić information content (AvgIpc) is 3.34. The number of guanidine groups is 1. The summed E-state index contributed by atoms with van der Waals surface area (Å²) in [6.07, 6.45) is 4.66. The van der Waals surface area contributed by atoms with Crippen molar-refractivity contribution in [1.29, 1.82) is 0 Å². The summed E-state index contributed by atoms with van der Waals surface area (Å²) in [4.78, 5) is 9.00. The fourth-order valence-corrected chi connectivity index (χ4v) is 3.44. The Kier molecular flexibility index (Phi) is 6.41. The molecule has 0 atom stereocenters. The van der Waals surface area contributed by atoms with Crippen LogP contribution in [0.15, 0.2) is 29.3 Å². The number of hydrogen-bond acceptors (Lipinski definition) is 3. The summed E-state index contributed by atoms with van der Waals surface area (Å²) in [5.74, 6) is 0.473. The fraction of sp³-hybridized carbons (Fsp3) is 0.562. The predicted octanol–water partition coefficient (Wildman–Crippen LogP) is 2.78. The van der Waals surface area contributed by atoms with Crippen molar-refractivity contribution in [3.8, 4) is 0 Å². The molecule has 1 saturated carbocycles. The summed E-state index contributed by atoms with van der Waals surface area (Å²) < 4.78 is 13.3. The molecule has 0 aromatic heterocycles. The van der Waals surface area contributed by atoms with Crippen LogP contribution in [0.1, 0.15) is 12.8 Å². The van der Waals surface area contributed by atoms with Crippen molar-refractivity contribution in [3.05, 3.63) is 30.1 Å². The van der Waals surface area contributed by atoms with E-state index < -0.39 is 0 Å². The highest BCUT2D eigenvalue weighted by molar-refractivity contribution is 14.0. The molecule has 1 aliphatic heterocycles. The van der Waals surface area contributed by atoms with Crippen molar-refractivity contribution in [3.63, 3.8) is 0 Å². The molecule has 1 aliphatic carbocycles. The van der Waals surface area contributed by atoms with E-state index in [-0.39, 0.29) is 29.8 Å². The Morgan fingerprint density at radius 3 is 2.35 bits per heavy atom. The molecule has 2 fully saturated rings. The molecule has 0 amide bonds. The van der Waals surface area contributed by atoms with Crippen LogP contribution in [0.3, 0.4) is 0 Å². The monoisotopic (exact) mass is 450 g/mol. The van der Waals surface area contributed by atoms with Crippen molar-refractivity contribution in [2.24, 2.45) is 10.7 Å². The van der Waals surface area contributed by atoms with E-state index in [9.17, 15) is 4.39 Å². The normalized spacial score (nSPS) is 20.2. The molecule has 128 valence electrons. The summed E-state index contributed by atoms with van der Waals surface area (Å²) in [6.45, 7) is 4.32. The summed E-state index contributed by atoms with van der Waals surface area (Å²) >= 11 is 1.91. The van der Waals surface area contributed by atoms with Gasteiger partial charge < -0.3 is 15.5 Å². The lowest BCUT2D eigenvalue weighted by Gasteiger charge is -2.36. The first-order valence-corrected chi connectivity index (χ1v) is 8.95. The van der Waals surface area contributed by atoms with Gasteiger partial charge >= 0.3 is 0 Å². The van der Waals surface area contributed by atoms with E-state index in [0.717, 1.165) is 38.4 Å². The molecule has 1 aromatic rings. The van der Waals surface area contributed by atoms with Crippen LogP contribution in [-0.4, -0.2) is 54.6 Å². The number of nitrogens with zero attached hydrogens (tertiary/aromatic N) is 3. The van der Waals surface area contributed by atoms with Crippen LogP contribution in [0.25, 0.3) is 0 Å². The van der Waals surface area contributed by atoms with Gasteiger partial charge in [0.15, 0.2) is 5.96 Å². The van der Waals surface area contributed by atoms with Crippen LogP contribution >= 0.6 is 35.7 Å². The number of rotatable bonds is 4. The second kappa shape index (κ2) is 7.92. The minimum Gasteiger partial charge on any atom is -0.370 e. The van der Waals surface area contributed by atoms with Crippen LogP contribution in [-0.2, 0) is 0 Å². The zero-order valence-corrected chi connectivity index (χ0v) is 16.5. The van der Waals surface area contributed by atoms with Crippen LogP contribution in [0.5, 0.6) is 0 Å². The molecule has 4 nitrogen and oxygen atoms in total. The van der Waals surface area contributed by atoms with Crippen molar-refractivity contribution in [2.75, 3.05) is 43.9 Å². The number of thioether (sulfide) groups is 1. The number of anilines is 1. The Hall–Kier alpha value is -0.700. The maximum atomic E-state index is 13.0. The highest BCUT2D eigenvalue weighted by Gasteiger charge is 2.41. The van der Waals surface area contributed by atoms with Gasteiger partial charge in [0, 0.05) is 36.6 Å². The SMILES string of the molecule is CSC1(CN=C(N)N2CCN(c3ccc(F)cc3)CC2)CC1.I. The lowest BCUT2D eigenvalue weighted by Crippen LogP contribution is -2.51. The molecule has 0 unspecified atom stereocenters. The Morgan fingerprint density at radius 2 is 1.83 bits per heavy atom. The lowest BCUT2D eigenvalue weighted by atomic mass is 10.2. The molecule has 2 N–H and O–H groups in total. The van der Waals surface area contributed by atoms with Gasteiger partial charge in [-0.15, -0.1) is 24.0 Å². The van der Waals surface area contributed by atoms with E-state index >= 15 is 0 Å². The smallest absolute Gasteiger partial charge is 0.191 e. The number of piperazine rings is 1. The topological polar surface area (TPSA) is 44.9 Å². The van der Waals surface area contributed by atoms with Gasteiger partial charge in [0.2, 0.25) is 0 Å². The van der Waals surface area contributed by atoms with E-state index in [4.69, 9.17) is 5.73 Å². The molecule has 0 bridgehead atoms. The molecule has 3 rings (SSSR count). The van der Waals surface area contributed by atoms with Gasteiger partial charge in [-0.25, -0.2) is 4.39 Å². The number of benzene rings is 1. The third-order valence-corrected chi connectivity index (χ3v) is 5.97.